The van der Waals surface area contributed by atoms with Gasteiger partial charge in [-0.15, -0.1) is 0 Å². The van der Waals surface area contributed by atoms with Crippen molar-refractivity contribution in [2.75, 3.05) is 6.61 Å². The third-order valence-corrected chi connectivity index (χ3v) is 3.13. The van der Waals surface area contributed by atoms with Crippen molar-refractivity contribution in [3.8, 4) is 11.8 Å². The van der Waals surface area contributed by atoms with Crippen molar-refractivity contribution in [2.24, 2.45) is 5.41 Å². The fourth-order valence-corrected chi connectivity index (χ4v) is 1.76. The molecule has 0 aliphatic rings. The molecule has 0 aliphatic carbocycles. The van der Waals surface area contributed by atoms with Crippen molar-refractivity contribution in [2.45, 2.75) is 46.1 Å². The molecule has 1 atom stereocenters. The van der Waals surface area contributed by atoms with Crippen LogP contribution in [0.4, 0.5) is 0 Å². The Morgan fingerprint density at radius 1 is 1.26 bits per heavy atom. The molecule has 0 heterocycles. The van der Waals surface area contributed by atoms with Gasteiger partial charge in [-0.25, -0.2) is 0 Å². The lowest BCUT2D eigenvalue weighted by molar-refractivity contribution is 0.199. The van der Waals surface area contributed by atoms with E-state index in [1.54, 1.807) is 6.92 Å². The maximum atomic E-state index is 9.39. The van der Waals surface area contributed by atoms with Crippen LogP contribution in [0.1, 0.15) is 51.7 Å². The molecule has 0 fully saturated rings. The molecular formula is C16H23NO2. The van der Waals surface area contributed by atoms with E-state index < -0.39 is 6.10 Å². The van der Waals surface area contributed by atoms with Gasteiger partial charge in [-0.1, -0.05) is 12.1 Å². The summed E-state index contributed by atoms with van der Waals surface area (Å²) in [5.74, 6) is 0.823. The highest BCUT2D eigenvalue weighted by molar-refractivity contribution is 5.28. The van der Waals surface area contributed by atoms with Gasteiger partial charge >= 0.3 is 0 Å². The molecule has 3 nitrogen and oxygen atoms in total. The topological polar surface area (TPSA) is 53.2 Å². The Labute approximate surface area is 115 Å². The van der Waals surface area contributed by atoms with Gasteiger partial charge in [0.25, 0.3) is 0 Å². The van der Waals surface area contributed by atoms with Crippen molar-refractivity contribution in [3.63, 3.8) is 0 Å². The third-order valence-electron chi connectivity index (χ3n) is 3.13. The van der Waals surface area contributed by atoms with Crippen molar-refractivity contribution >= 4 is 0 Å². The van der Waals surface area contributed by atoms with E-state index in [-0.39, 0.29) is 5.41 Å². The first-order valence-electron chi connectivity index (χ1n) is 6.77. The third kappa shape index (κ3) is 5.76. The van der Waals surface area contributed by atoms with Crippen LogP contribution in [0.25, 0.3) is 0 Å². The number of aliphatic hydroxyl groups is 1. The minimum Gasteiger partial charge on any atom is -0.494 e. The van der Waals surface area contributed by atoms with Crippen LogP contribution in [0.5, 0.6) is 5.75 Å². The zero-order valence-corrected chi connectivity index (χ0v) is 12.0. The highest BCUT2D eigenvalue weighted by Crippen LogP contribution is 2.22. The van der Waals surface area contributed by atoms with Gasteiger partial charge in [-0.2, -0.15) is 5.26 Å². The SMILES string of the molecule is CC(O)c1ccc(OCCCCC(C)(C)C#N)cc1. The molecule has 0 aliphatic heterocycles. The summed E-state index contributed by atoms with van der Waals surface area (Å²) >= 11 is 0. The van der Waals surface area contributed by atoms with E-state index >= 15 is 0 Å². The van der Waals surface area contributed by atoms with Gasteiger partial charge in [-0.05, 0) is 57.7 Å². The van der Waals surface area contributed by atoms with Crippen molar-refractivity contribution in [3.05, 3.63) is 29.8 Å². The Bertz CT molecular complexity index is 415. The quantitative estimate of drug-likeness (QED) is 0.759. The first-order valence-corrected chi connectivity index (χ1v) is 6.77. The van der Waals surface area contributed by atoms with Gasteiger partial charge in [0.05, 0.1) is 24.2 Å². The van der Waals surface area contributed by atoms with Crippen LogP contribution in [0.3, 0.4) is 0 Å². The number of nitrogens with zero attached hydrogens (tertiary/aromatic N) is 1. The summed E-state index contributed by atoms with van der Waals surface area (Å²) in [7, 11) is 0. The average molecular weight is 261 g/mol. The van der Waals surface area contributed by atoms with Crippen molar-refractivity contribution in [1.29, 1.82) is 5.26 Å². The van der Waals surface area contributed by atoms with E-state index in [0.29, 0.717) is 6.61 Å². The number of benzene rings is 1. The largest absolute Gasteiger partial charge is 0.494 e. The molecule has 0 saturated carbocycles. The van der Waals surface area contributed by atoms with Crippen LogP contribution in [-0.4, -0.2) is 11.7 Å². The molecule has 1 aromatic carbocycles. The van der Waals surface area contributed by atoms with Crippen LogP contribution in [0.15, 0.2) is 24.3 Å². The fourth-order valence-electron chi connectivity index (χ4n) is 1.76. The molecule has 1 rings (SSSR count). The summed E-state index contributed by atoms with van der Waals surface area (Å²) in [5, 5.41) is 18.3. The van der Waals surface area contributed by atoms with Gasteiger partial charge in [0.1, 0.15) is 5.75 Å². The Morgan fingerprint density at radius 2 is 1.89 bits per heavy atom. The zero-order valence-electron chi connectivity index (χ0n) is 12.0. The molecule has 0 aromatic heterocycles. The average Bonchev–Trinajstić information content (AvgIpc) is 2.39. The maximum absolute atomic E-state index is 9.39. The minimum absolute atomic E-state index is 0.237. The summed E-state index contributed by atoms with van der Waals surface area (Å²) in [6.45, 7) is 6.33. The standard InChI is InChI=1S/C16H23NO2/c1-13(18)14-6-8-15(9-7-14)19-11-5-4-10-16(2,3)12-17/h6-9,13,18H,4-5,10-11H2,1-3H3. The number of aliphatic hydroxyl groups excluding tert-OH is 1. The highest BCUT2D eigenvalue weighted by Gasteiger charge is 2.15. The van der Waals surface area contributed by atoms with E-state index in [1.807, 2.05) is 38.1 Å². The monoisotopic (exact) mass is 261 g/mol. The summed E-state index contributed by atoms with van der Waals surface area (Å²) in [4.78, 5) is 0. The van der Waals surface area contributed by atoms with E-state index in [9.17, 15) is 5.11 Å². The molecule has 1 aromatic rings. The second-order valence-corrected chi connectivity index (χ2v) is 5.55. The normalized spacial score (nSPS) is 12.8. The summed E-state index contributed by atoms with van der Waals surface area (Å²) < 4.78 is 5.62. The maximum Gasteiger partial charge on any atom is 0.119 e. The first kappa shape index (κ1) is 15.5. The van der Waals surface area contributed by atoms with Crippen molar-refractivity contribution in [1.82, 2.24) is 0 Å². The molecule has 0 bridgehead atoms. The Balaban J connectivity index is 2.25. The lowest BCUT2D eigenvalue weighted by Crippen LogP contribution is -2.08. The van der Waals surface area contributed by atoms with Crippen molar-refractivity contribution < 1.29 is 9.84 Å². The smallest absolute Gasteiger partial charge is 0.119 e. The van der Waals surface area contributed by atoms with Gasteiger partial charge < -0.3 is 9.84 Å². The molecule has 1 N–H and O–H groups in total. The molecule has 0 radical (unpaired) electrons. The van der Waals surface area contributed by atoms with Gasteiger partial charge in [0.2, 0.25) is 0 Å². The number of nitriles is 1. The van der Waals surface area contributed by atoms with Gasteiger partial charge in [0, 0.05) is 0 Å². The summed E-state index contributed by atoms with van der Waals surface area (Å²) in [6.07, 6.45) is 2.39. The molecule has 0 amide bonds. The lowest BCUT2D eigenvalue weighted by Gasteiger charge is -2.14. The number of hydrogen-bond acceptors (Lipinski definition) is 3. The molecule has 104 valence electrons. The molecule has 19 heavy (non-hydrogen) atoms. The van der Waals surface area contributed by atoms with Crippen LogP contribution >= 0.6 is 0 Å². The minimum atomic E-state index is -0.442. The molecular weight excluding hydrogens is 238 g/mol. The van der Waals surface area contributed by atoms with Gasteiger partial charge in [0.15, 0.2) is 0 Å². The molecule has 1 unspecified atom stereocenters. The first-order chi connectivity index (χ1) is 8.94. The van der Waals surface area contributed by atoms with Crippen LogP contribution in [0, 0.1) is 16.7 Å². The van der Waals surface area contributed by atoms with E-state index in [2.05, 4.69) is 6.07 Å². The molecule has 0 saturated heterocycles. The fraction of sp³-hybridized carbons (Fsp3) is 0.562. The van der Waals surface area contributed by atoms with E-state index in [0.717, 1.165) is 30.6 Å². The lowest BCUT2D eigenvalue weighted by atomic mass is 9.89. The van der Waals surface area contributed by atoms with Crippen LogP contribution < -0.4 is 4.74 Å². The predicted octanol–water partition coefficient (Wildman–Crippen LogP) is 3.84. The van der Waals surface area contributed by atoms with Crippen LogP contribution in [-0.2, 0) is 0 Å². The number of ether oxygens (including phenoxy) is 1. The number of unbranched alkanes of at least 4 members (excludes halogenated alkanes) is 1. The second kappa shape index (κ2) is 7.16. The Morgan fingerprint density at radius 3 is 2.42 bits per heavy atom. The number of hydrogen-bond donors (Lipinski definition) is 1. The number of rotatable bonds is 7. The van der Waals surface area contributed by atoms with E-state index in [1.165, 1.54) is 0 Å². The molecule has 0 spiro atoms. The van der Waals surface area contributed by atoms with Crippen LogP contribution in [0.2, 0.25) is 0 Å². The molecule has 3 heteroatoms. The Kier molecular flexibility index (Phi) is 5.85. The van der Waals surface area contributed by atoms with E-state index in [4.69, 9.17) is 10.00 Å². The summed E-state index contributed by atoms with van der Waals surface area (Å²) in [6, 6.07) is 9.80. The second-order valence-electron chi connectivity index (χ2n) is 5.55. The highest BCUT2D eigenvalue weighted by atomic mass is 16.5. The Hall–Kier alpha value is -1.53. The van der Waals surface area contributed by atoms with Gasteiger partial charge in [-0.3, -0.25) is 0 Å². The zero-order chi connectivity index (χ0) is 14.3. The predicted molar refractivity (Wildman–Crippen MR) is 75.8 cm³/mol. The summed E-state index contributed by atoms with van der Waals surface area (Å²) in [5.41, 5.74) is 0.655.